The summed E-state index contributed by atoms with van der Waals surface area (Å²) in [6.45, 7) is 0. The summed E-state index contributed by atoms with van der Waals surface area (Å²) in [5, 5.41) is 18.8. The molecule has 3 rings (SSSR count). The van der Waals surface area contributed by atoms with E-state index in [0.29, 0.717) is 16.5 Å². The van der Waals surface area contributed by atoms with Crippen LogP contribution in [0, 0.1) is 6.07 Å². The fourth-order valence-corrected chi connectivity index (χ4v) is 2.53. The van der Waals surface area contributed by atoms with Crippen LogP contribution in [0.4, 0.5) is 11.4 Å². The standard InChI is InChI=1S/C16H11N2O4S.2Na/c19-15-9-6-11-10-13(23(20,21)22)7-8-14(11)16(15)18-17-12-4-2-1-3-5-12;;/h1-7,9-10,19H,(H,20,21,22);;/q-1;2*+1/p-1. The maximum Gasteiger partial charge on any atom is 1.00 e. The zero-order valence-electron chi connectivity index (χ0n) is 13.7. The fourth-order valence-electron chi connectivity index (χ4n) is 2.05. The van der Waals surface area contributed by atoms with Crippen molar-refractivity contribution in [1.29, 1.82) is 0 Å². The smallest absolute Gasteiger partial charge is 0.752 e. The first-order valence-electron chi connectivity index (χ1n) is 6.55. The molecule has 9 heteroatoms. The van der Waals surface area contributed by atoms with Crippen LogP contribution in [0.25, 0.3) is 10.8 Å². The van der Waals surface area contributed by atoms with Crippen molar-refractivity contribution >= 4 is 32.3 Å². The second-order valence-electron chi connectivity index (χ2n) is 4.72. The van der Waals surface area contributed by atoms with Gasteiger partial charge in [0.1, 0.15) is 5.75 Å². The van der Waals surface area contributed by atoms with Crippen molar-refractivity contribution in [3.8, 4) is 5.75 Å². The Hall–Kier alpha value is -0.770. The van der Waals surface area contributed by atoms with Gasteiger partial charge in [0.25, 0.3) is 0 Å². The van der Waals surface area contributed by atoms with Crippen molar-refractivity contribution < 1.29 is 77.2 Å². The van der Waals surface area contributed by atoms with Crippen molar-refractivity contribution in [3.05, 3.63) is 60.7 Å². The number of azo groups is 1. The van der Waals surface area contributed by atoms with Gasteiger partial charge >= 0.3 is 59.1 Å². The summed E-state index contributed by atoms with van der Waals surface area (Å²) in [5.41, 5.74) is 0.754. The normalized spacial score (nSPS) is 11.1. The zero-order valence-corrected chi connectivity index (χ0v) is 18.5. The van der Waals surface area contributed by atoms with Crippen LogP contribution in [-0.4, -0.2) is 18.1 Å². The summed E-state index contributed by atoms with van der Waals surface area (Å²) in [4.78, 5) is -0.387. The van der Waals surface area contributed by atoms with Gasteiger partial charge in [-0.25, -0.2) is 8.42 Å². The van der Waals surface area contributed by atoms with Crippen LogP contribution in [0.15, 0.2) is 69.7 Å². The summed E-state index contributed by atoms with van der Waals surface area (Å²) in [6, 6.07) is 16.7. The summed E-state index contributed by atoms with van der Waals surface area (Å²) in [5.74, 6) is -0.119. The SMILES string of the molecule is O=S(=O)([O-])c1c[c-]c2c(N=Nc3ccccc3)c(O)ccc2c1.[Na+].[Na+]. The van der Waals surface area contributed by atoms with Gasteiger partial charge in [0.15, 0.2) is 0 Å². The Morgan fingerprint density at radius 1 is 1.00 bits per heavy atom. The number of nitrogens with zero attached hydrogens (tertiary/aromatic N) is 2. The van der Waals surface area contributed by atoms with E-state index >= 15 is 0 Å². The molecule has 1 N–H and O–H groups in total. The first kappa shape index (κ1) is 22.3. The van der Waals surface area contributed by atoms with E-state index in [9.17, 15) is 18.1 Å². The molecule has 0 aliphatic rings. The van der Waals surface area contributed by atoms with E-state index in [1.54, 1.807) is 24.3 Å². The zero-order chi connectivity index (χ0) is 16.4. The number of rotatable bonds is 3. The topological polar surface area (TPSA) is 102 Å². The van der Waals surface area contributed by atoms with Gasteiger partial charge in [0.2, 0.25) is 0 Å². The number of phenolic OH excluding ortho intramolecular Hbond substituents is 1. The van der Waals surface area contributed by atoms with E-state index in [1.165, 1.54) is 18.2 Å². The number of aromatic hydroxyl groups is 1. The molecule has 3 aromatic carbocycles. The van der Waals surface area contributed by atoms with E-state index < -0.39 is 10.1 Å². The van der Waals surface area contributed by atoms with Crippen molar-refractivity contribution in [2.75, 3.05) is 0 Å². The predicted octanol–water partition coefficient (Wildman–Crippen LogP) is -2.33. The summed E-state index contributed by atoms with van der Waals surface area (Å²) in [6.07, 6.45) is 0. The maximum atomic E-state index is 11.1. The Balaban J connectivity index is 0.00000156. The second kappa shape index (κ2) is 9.25. The minimum Gasteiger partial charge on any atom is -0.752 e. The quantitative estimate of drug-likeness (QED) is 0.241. The number of fused-ring (bicyclic) bond motifs is 1. The molecule has 116 valence electrons. The number of phenols is 1. The molecular weight excluding hydrogens is 362 g/mol. The molecule has 3 aromatic rings. The molecule has 0 unspecified atom stereocenters. The Kier molecular flexibility index (Phi) is 8.24. The van der Waals surface area contributed by atoms with Gasteiger partial charge in [-0.05, 0) is 23.1 Å². The molecule has 0 amide bonds. The Bertz CT molecular complexity index is 1010. The molecular formula is C16H10N2Na2O4S. The molecule has 0 aliphatic carbocycles. The first-order valence-corrected chi connectivity index (χ1v) is 7.96. The third-order valence-electron chi connectivity index (χ3n) is 3.16. The van der Waals surface area contributed by atoms with Gasteiger partial charge in [0, 0.05) is 0 Å². The minimum absolute atomic E-state index is 0. The van der Waals surface area contributed by atoms with Crippen LogP contribution in [0.3, 0.4) is 0 Å². The molecule has 0 saturated carbocycles. The molecule has 0 saturated heterocycles. The Morgan fingerprint density at radius 3 is 2.32 bits per heavy atom. The van der Waals surface area contributed by atoms with Gasteiger partial charge < -0.3 is 9.66 Å². The van der Waals surface area contributed by atoms with E-state index in [-0.39, 0.29) is 75.4 Å². The van der Waals surface area contributed by atoms with Crippen LogP contribution in [0.1, 0.15) is 0 Å². The second-order valence-corrected chi connectivity index (χ2v) is 6.10. The van der Waals surface area contributed by atoms with E-state index in [0.717, 1.165) is 6.07 Å². The van der Waals surface area contributed by atoms with Gasteiger partial charge in [-0.3, -0.25) is 0 Å². The van der Waals surface area contributed by atoms with Crippen LogP contribution < -0.4 is 59.1 Å². The molecule has 0 fully saturated rings. The predicted molar refractivity (Wildman–Crippen MR) is 83.0 cm³/mol. The van der Waals surface area contributed by atoms with Gasteiger partial charge in [-0.1, -0.05) is 24.3 Å². The molecule has 0 radical (unpaired) electrons. The average molecular weight is 372 g/mol. The van der Waals surface area contributed by atoms with Crippen LogP contribution in [0.5, 0.6) is 5.75 Å². The largest absolute Gasteiger partial charge is 1.00 e. The van der Waals surface area contributed by atoms with Crippen molar-refractivity contribution in [2.45, 2.75) is 4.90 Å². The van der Waals surface area contributed by atoms with Crippen molar-refractivity contribution in [2.24, 2.45) is 10.2 Å². The number of hydrogen-bond acceptors (Lipinski definition) is 6. The van der Waals surface area contributed by atoms with Gasteiger partial charge in [-0.15, -0.1) is 29.0 Å². The van der Waals surface area contributed by atoms with Crippen LogP contribution in [0.2, 0.25) is 0 Å². The van der Waals surface area contributed by atoms with E-state index in [1.807, 2.05) is 6.07 Å². The summed E-state index contributed by atoms with van der Waals surface area (Å²) in [7, 11) is -4.57. The molecule has 0 heterocycles. The summed E-state index contributed by atoms with van der Waals surface area (Å²) < 4.78 is 33.2. The van der Waals surface area contributed by atoms with Crippen LogP contribution in [-0.2, 0) is 10.1 Å². The van der Waals surface area contributed by atoms with E-state index in [4.69, 9.17) is 0 Å². The summed E-state index contributed by atoms with van der Waals surface area (Å²) >= 11 is 0. The monoisotopic (exact) mass is 372 g/mol. The third-order valence-corrected chi connectivity index (χ3v) is 3.97. The van der Waals surface area contributed by atoms with E-state index in [2.05, 4.69) is 16.3 Å². The maximum absolute atomic E-state index is 11.1. The molecule has 0 bridgehead atoms. The first-order chi connectivity index (χ1) is 10.9. The number of hydrogen-bond donors (Lipinski definition) is 1. The minimum atomic E-state index is -4.57. The van der Waals surface area contributed by atoms with Crippen LogP contribution >= 0.6 is 0 Å². The molecule has 0 aromatic heterocycles. The fraction of sp³-hybridized carbons (Fsp3) is 0. The molecule has 0 spiro atoms. The van der Waals surface area contributed by atoms with Crippen molar-refractivity contribution in [1.82, 2.24) is 0 Å². The number of benzene rings is 3. The van der Waals surface area contributed by atoms with Gasteiger partial charge in [0.05, 0.1) is 21.5 Å². The van der Waals surface area contributed by atoms with Crippen molar-refractivity contribution in [3.63, 3.8) is 0 Å². The van der Waals surface area contributed by atoms with Gasteiger partial charge in [-0.2, -0.15) is 10.2 Å². The third kappa shape index (κ3) is 5.35. The molecule has 6 nitrogen and oxygen atoms in total. The molecule has 0 aliphatic heterocycles. The average Bonchev–Trinajstić information content (AvgIpc) is 2.53. The molecule has 0 atom stereocenters. The molecule has 25 heavy (non-hydrogen) atoms. The Labute approximate surface area is 189 Å². The Morgan fingerprint density at radius 2 is 1.68 bits per heavy atom.